The minimum absolute atomic E-state index is 0.00806. The summed E-state index contributed by atoms with van der Waals surface area (Å²) in [5.74, 6) is -2.40. The molecule has 4 aromatic rings. The fourth-order valence-corrected chi connectivity index (χ4v) is 3.71. The van der Waals surface area contributed by atoms with Gasteiger partial charge in [-0.1, -0.05) is 18.2 Å². The number of nitrogens with zero attached hydrogens (tertiary/aromatic N) is 1. The van der Waals surface area contributed by atoms with Crippen LogP contribution in [-0.2, 0) is 0 Å². The van der Waals surface area contributed by atoms with Crippen LogP contribution in [0.2, 0.25) is 0 Å². The predicted molar refractivity (Wildman–Crippen MR) is 124 cm³/mol. The Labute approximate surface area is 190 Å². The van der Waals surface area contributed by atoms with E-state index in [9.17, 15) is 24.9 Å². The van der Waals surface area contributed by atoms with E-state index in [1.165, 1.54) is 0 Å². The van der Waals surface area contributed by atoms with E-state index in [-0.39, 0.29) is 17.2 Å². The van der Waals surface area contributed by atoms with Crippen molar-refractivity contribution in [2.45, 2.75) is 13.8 Å². The lowest BCUT2D eigenvalue weighted by Crippen LogP contribution is -2.30. The maximum absolute atomic E-state index is 12.8. The minimum atomic E-state index is -0.689. The normalized spacial score (nSPS) is 11.0. The molecule has 0 saturated heterocycles. The Kier molecular flexibility index (Phi) is 5.79. The molecular weight excluding hydrogens is 422 g/mol. The molecule has 0 fully saturated rings. The van der Waals surface area contributed by atoms with Gasteiger partial charge in [0.1, 0.15) is 5.58 Å². The quantitative estimate of drug-likeness (QED) is 0.287. The number of phenols is 3. The standard InChI is InChI=1S/C26H23NO6/c1-3-27(4-2)26(32)16-7-5-15(6-8-16)17-9-10-22-18(11-17)14-23(33-22)24(30)19-12-20(28)25(31)21(29)13-19/h5-14,28-29,31H,3-4H2,1-2H3. The first-order chi connectivity index (χ1) is 15.8. The number of aromatic hydroxyl groups is 3. The lowest BCUT2D eigenvalue weighted by atomic mass is 10.0. The first kappa shape index (κ1) is 22.0. The second-order valence-corrected chi connectivity index (χ2v) is 7.61. The Morgan fingerprint density at radius 2 is 1.39 bits per heavy atom. The second-order valence-electron chi connectivity index (χ2n) is 7.61. The zero-order valence-electron chi connectivity index (χ0n) is 18.2. The number of ketones is 1. The fourth-order valence-electron chi connectivity index (χ4n) is 3.71. The largest absolute Gasteiger partial charge is 0.504 e. The van der Waals surface area contributed by atoms with Crippen LogP contribution in [0.1, 0.15) is 40.3 Å². The summed E-state index contributed by atoms with van der Waals surface area (Å²) in [6.07, 6.45) is 0. The van der Waals surface area contributed by atoms with Crippen molar-refractivity contribution in [1.29, 1.82) is 0 Å². The van der Waals surface area contributed by atoms with Gasteiger partial charge in [0.05, 0.1) is 0 Å². The molecule has 0 spiro atoms. The molecule has 0 unspecified atom stereocenters. The zero-order valence-corrected chi connectivity index (χ0v) is 18.2. The highest BCUT2D eigenvalue weighted by molar-refractivity contribution is 6.09. The van der Waals surface area contributed by atoms with Gasteiger partial charge in [0.15, 0.2) is 23.0 Å². The minimum Gasteiger partial charge on any atom is -0.504 e. The molecular formula is C26H23NO6. The Hall–Kier alpha value is -4.26. The molecule has 0 aliphatic rings. The van der Waals surface area contributed by atoms with Crippen LogP contribution in [0.5, 0.6) is 17.2 Å². The molecule has 0 atom stereocenters. The third kappa shape index (κ3) is 4.13. The molecule has 1 aromatic heterocycles. The van der Waals surface area contributed by atoms with Gasteiger partial charge < -0.3 is 24.6 Å². The van der Waals surface area contributed by atoms with Crippen LogP contribution in [0, 0.1) is 0 Å². The molecule has 1 amide bonds. The second kappa shape index (κ2) is 8.70. The average Bonchev–Trinajstić information content (AvgIpc) is 3.26. The number of carbonyl (C=O) groups excluding carboxylic acids is 2. The molecule has 168 valence electrons. The van der Waals surface area contributed by atoms with Crippen molar-refractivity contribution in [3.8, 4) is 28.4 Å². The Balaban J connectivity index is 1.62. The summed E-state index contributed by atoms with van der Waals surface area (Å²) in [5.41, 5.74) is 2.91. The molecule has 1 heterocycles. The van der Waals surface area contributed by atoms with Crippen molar-refractivity contribution >= 4 is 22.7 Å². The van der Waals surface area contributed by atoms with E-state index in [1.54, 1.807) is 29.2 Å². The zero-order chi connectivity index (χ0) is 23.7. The highest BCUT2D eigenvalue weighted by atomic mass is 16.3. The summed E-state index contributed by atoms with van der Waals surface area (Å²) in [6, 6.07) is 16.6. The number of hydrogen-bond donors (Lipinski definition) is 3. The highest BCUT2D eigenvalue weighted by Gasteiger charge is 2.19. The van der Waals surface area contributed by atoms with Gasteiger partial charge in [0.2, 0.25) is 5.78 Å². The summed E-state index contributed by atoms with van der Waals surface area (Å²) in [4.78, 5) is 27.0. The fraction of sp³-hybridized carbons (Fsp3) is 0.154. The summed E-state index contributed by atoms with van der Waals surface area (Å²) in [6.45, 7) is 5.20. The van der Waals surface area contributed by atoms with Gasteiger partial charge in [0, 0.05) is 29.6 Å². The lowest BCUT2D eigenvalue weighted by Gasteiger charge is -2.18. The van der Waals surface area contributed by atoms with E-state index in [2.05, 4.69) is 0 Å². The van der Waals surface area contributed by atoms with Crippen molar-refractivity contribution in [3.05, 3.63) is 77.6 Å². The van der Waals surface area contributed by atoms with E-state index in [0.717, 1.165) is 23.3 Å². The van der Waals surface area contributed by atoms with Crippen molar-refractivity contribution in [2.24, 2.45) is 0 Å². The lowest BCUT2D eigenvalue weighted by molar-refractivity contribution is 0.0773. The molecule has 33 heavy (non-hydrogen) atoms. The van der Waals surface area contributed by atoms with Gasteiger partial charge in [-0.2, -0.15) is 0 Å². The molecule has 4 rings (SSSR count). The average molecular weight is 445 g/mol. The van der Waals surface area contributed by atoms with Crippen LogP contribution < -0.4 is 0 Å². The van der Waals surface area contributed by atoms with E-state index in [4.69, 9.17) is 4.42 Å². The first-order valence-electron chi connectivity index (χ1n) is 10.5. The van der Waals surface area contributed by atoms with Gasteiger partial charge in [-0.3, -0.25) is 9.59 Å². The maximum atomic E-state index is 12.8. The molecule has 0 bridgehead atoms. The number of furan rings is 1. The summed E-state index contributed by atoms with van der Waals surface area (Å²) in [5, 5.41) is 29.5. The summed E-state index contributed by atoms with van der Waals surface area (Å²) >= 11 is 0. The number of amides is 1. The van der Waals surface area contributed by atoms with E-state index in [0.29, 0.717) is 29.6 Å². The molecule has 7 heteroatoms. The molecule has 7 nitrogen and oxygen atoms in total. The third-order valence-electron chi connectivity index (χ3n) is 5.59. The SMILES string of the molecule is CCN(CC)C(=O)c1ccc(-c2ccc3oc(C(=O)c4cc(O)c(O)c(O)c4)cc3c2)cc1. The topological polar surface area (TPSA) is 111 Å². The van der Waals surface area contributed by atoms with Crippen molar-refractivity contribution in [2.75, 3.05) is 13.1 Å². The monoisotopic (exact) mass is 445 g/mol. The van der Waals surface area contributed by atoms with Gasteiger partial charge in [0.25, 0.3) is 5.91 Å². The van der Waals surface area contributed by atoms with Crippen LogP contribution in [0.15, 0.2) is 65.1 Å². The molecule has 3 N–H and O–H groups in total. The van der Waals surface area contributed by atoms with Crippen LogP contribution >= 0.6 is 0 Å². The van der Waals surface area contributed by atoms with E-state index in [1.807, 2.05) is 38.1 Å². The van der Waals surface area contributed by atoms with Gasteiger partial charge in [-0.25, -0.2) is 0 Å². The molecule has 0 aliphatic heterocycles. The van der Waals surface area contributed by atoms with Crippen molar-refractivity contribution < 1.29 is 29.3 Å². The van der Waals surface area contributed by atoms with Crippen LogP contribution in [-0.4, -0.2) is 45.0 Å². The van der Waals surface area contributed by atoms with Gasteiger partial charge in [-0.15, -0.1) is 0 Å². The number of benzene rings is 3. The Morgan fingerprint density at radius 3 is 2.00 bits per heavy atom. The number of rotatable bonds is 6. The predicted octanol–water partition coefficient (Wildman–Crippen LogP) is 4.93. The van der Waals surface area contributed by atoms with Crippen LogP contribution in [0.3, 0.4) is 0 Å². The van der Waals surface area contributed by atoms with Crippen molar-refractivity contribution in [1.82, 2.24) is 4.90 Å². The maximum Gasteiger partial charge on any atom is 0.253 e. The van der Waals surface area contributed by atoms with Crippen molar-refractivity contribution in [3.63, 3.8) is 0 Å². The van der Waals surface area contributed by atoms with Gasteiger partial charge >= 0.3 is 0 Å². The van der Waals surface area contributed by atoms with Crippen LogP contribution in [0.25, 0.3) is 22.1 Å². The number of hydrogen-bond acceptors (Lipinski definition) is 6. The molecule has 0 radical (unpaired) electrons. The molecule has 0 saturated carbocycles. The number of fused-ring (bicyclic) bond motifs is 1. The van der Waals surface area contributed by atoms with E-state index >= 15 is 0 Å². The summed E-state index contributed by atoms with van der Waals surface area (Å²) < 4.78 is 5.66. The summed E-state index contributed by atoms with van der Waals surface area (Å²) in [7, 11) is 0. The van der Waals surface area contributed by atoms with E-state index < -0.39 is 23.0 Å². The molecule has 0 aliphatic carbocycles. The number of phenolic OH excluding ortho intramolecular Hbond substituents is 3. The number of carbonyl (C=O) groups is 2. The smallest absolute Gasteiger partial charge is 0.253 e. The van der Waals surface area contributed by atoms with Crippen LogP contribution in [0.4, 0.5) is 0 Å². The Morgan fingerprint density at radius 1 is 0.788 bits per heavy atom. The molecule has 3 aromatic carbocycles. The highest BCUT2D eigenvalue weighted by Crippen LogP contribution is 2.36. The van der Waals surface area contributed by atoms with Gasteiger partial charge in [-0.05, 0) is 67.4 Å². The Bertz CT molecular complexity index is 1330. The first-order valence-corrected chi connectivity index (χ1v) is 10.5. The third-order valence-corrected chi connectivity index (χ3v) is 5.59.